The molecule has 2 N–H and O–H groups in total. The Bertz CT molecular complexity index is 801. The van der Waals surface area contributed by atoms with Crippen LogP contribution in [0.2, 0.25) is 0 Å². The van der Waals surface area contributed by atoms with Crippen molar-refractivity contribution >= 4 is 11.7 Å². The molecule has 1 aliphatic rings. The number of esters is 1. The second kappa shape index (κ2) is 5.20. The number of nitriles is 1. The van der Waals surface area contributed by atoms with Crippen LogP contribution in [0.1, 0.15) is 27.2 Å². The molecule has 22 heavy (non-hydrogen) atoms. The predicted molar refractivity (Wildman–Crippen MR) is 81.4 cm³/mol. The number of ether oxygens (including phenoxy) is 1. The third kappa shape index (κ3) is 2.12. The predicted octanol–water partition coefficient (Wildman–Crippen LogP) is 1.66. The van der Waals surface area contributed by atoms with E-state index in [2.05, 4.69) is 11.9 Å². The van der Waals surface area contributed by atoms with Crippen LogP contribution in [0, 0.1) is 11.3 Å². The summed E-state index contributed by atoms with van der Waals surface area (Å²) in [6.45, 7) is 1.77. The van der Waals surface area contributed by atoms with E-state index in [9.17, 15) is 4.79 Å². The van der Waals surface area contributed by atoms with E-state index in [0.29, 0.717) is 0 Å². The highest BCUT2D eigenvalue weighted by molar-refractivity contribution is 5.95. The molecule has 1 aromatic heterocycles. The normalized spacial score (nSPS) is 13.7. The van der Waals surface area contributed by atoms with Crippen molar-refractivity contribution in [1.29, 1.82) is 5.26 Å². The Balaban J connectivity index is 2.15. The summed E-state index contributed by atoms with van der Waals surface area (Å²) in [5.74, 6) is -0.559. The Hall–Kier alpha value is -2.78. The topological polar surface area (TPSA) is 84.3 Å². The highest BCUT2D eigenvalue weighted by atomic mass is 16.5. The zero-order chi connectivity index (χ0) is 15.9. The van der Waals surface area contributed by atoms with Gasteiger partial charge in [0.15, 0.2) is 5.69 Å². The van der Waals surface area contributed by atoms with E-state index >= 15 is 0 Å². The fourth-order valence-electron chi connectivity index (χ4n) is 2.82. The maximum Gasteiger partial charge on any atom is 0.357 e. The van der Waals surface area contributed by atoms with Crippen LogP contribution in [0.4, 0.5) is 5.69 Å². The molecule has 0 saturated heterocycles. The summed E-state index contributed by atoms with van der Waals surface area (Å²) in [5.41, 5.74) is 9.78. The highest BCUT2D eigenvalue weighted by Crippen LogP contribution is 2.28. The minimum atomic E-state index is -0.559. The Morgan fingerprint density at radius 1 is 1.36 bits per heavy atom. The molecule has 1 aliphatic heterocycles. The summed E-state index contributed by atoms with van der Waals surface area (Å²) >= 11 is 0. The van der Waals surface area contributed by atoms with Crippen LogP contribution in [-0.4, -0.2) is 29.6 Å². The maximum absolute atomic E-state index is 12.0. The largest absolute Gasteiger partial charge is 0.464 e. The molecule has 0 unspecified atom stereocenters. The molecule has 0 fully saturated rings. The SMILES string of the molecule is COC(=O)c1c(N)c(C#N)cn1-c1ccc2c(c1)CN(C)C2. The van der Waals surface area contributed by atoms with Crippen molar-refractivity contribution in [3.63, 3.8) is 0 Å². The van der Waals surface area contributed by atoms with Crippen molar-refractivity contribution in [3.05, 3.63) is 46.8 Å². The van der Waals surface area contributed by atoms with Gasteiger partial charge < -0.3 is 15.0 Å². The van der Waals surface area contributed by atoms with Gasteiger partial charge in [0.2, 0.25) is 0 Å². The maximum atomic E-state index is 12.0. The van der Waals surface area contributed by atoms with Crippen molar-refractivity contribution < 1.29 is 9.53 Å². The number of rotatable bonds is 2. The standard InChI is InChI=1S/C16H16N4O2/c1-19-7-10-3-4-13(5-11(10)8-19)20-9-12(6-17)14(18)15(20)16(21)22-2/h3-5,9H,7-8,18H2,1-2H3. The van der Waals surface area contributed by atoms with Crippen molar-refractivity contribution in [2.45, 2.75) is 13.1 Å². The van der Waals surface area contributed by atoms with Crippen molar-refractivity contribution in [2.75, 3.05) is 19.9 Å². The number of benzene rings is 1. The fraction of sp³-hybridized carbons (Fsp3) is 0.250. The van der Waals surface area contributed by atoms with E-state index < -0.39 is 5.97 Å². The average molecular weight is 296 g/mol. The number of anilines is 1. The molecule has 0 saturated carbocycles. The number of methoxy groups -OCH3 is 1. The first-order valence-corrected chi connectivity index (χ1v) is 6.85. The van der Waals surface area contributed by atoms with Crippen LogP contribution in [0.3, 0.4) is 0 Å². The number of carbonyl (C=O) groups excluding carboxylic acids is 1. The molecule has 1 aromatic carbocycles. The molecule has 0 aliphatic carbocycles. The quantitative estimate of drug-likeness (QED) is 0.852. The van der Waals surface area contributed by atoms with Crippen LogP contribution >= 0.6 is 0 Å². The summed E-state index contributed by atoms with van der Waals surface area (Å²) in [7, 11) is 3.35. The minimum absolute atomic E-state index is 0.145. The smallest absolute Gasteiger partial charge is 0.357 e. The van der Waals surface area contributed by atoms with Crippen LogP contribution in [0.25, 0.3) is 5.69 Å². The molecule has 0 radical (unpaired) electrons. The van der Waals surface area contributed by atoms with E-state index in [1.54, 1.807) is 10.8 Å². The number of carbonyl (C=O) groups is 1. The number of hydrogen-bond acceptors (Lipinski definition) is 5. The van der Waals surface area contributed by atoms with E-state index in [1.807, 2.05) is 24.3 Å². The van der Waals surface area contributed by atoms with Crippen molar-refractivity contribution in [1.82, 2.24) is 9.47 Å². The van der Waals surface area contributed by atoms with Gasteiger partial charge in [0.05, 0.1) is 18.4 Å². The summed E-state index contributed by atoms with van der Waals surface area (Å²) in [6.07, 6.45) is 1.57. The summed E-state index contributed by atoms with van der Waals surface area (Å²) in [4.78, 5) is 14.2. The monoisotopic (exact) mass is 296 g/mol. The molecule has 6 nitrogen and oxygen atoms in total. The van der Waals surface area contributed by atoms with Gasteiger partial charge in [0.25, 0.3) is 0 Å². The fourth-order valence-corrected chi connectivity index (χ4v) is 2.82. The molecule has 0 spiro atoms. The van der Waals surface area contributed by atoms with Gasteiger partial charge in [0.1, 0.15) is 6.07 Å². The van der Waals surface area contributed by atoms with Crippen LogP contribution in [-0.2, 0) is 17.8 Å². The first kappa shape index (κ1) is 14.2. The summed E-state index contributed by atoms with van der Waals surface area (Å²) < 4.78 is 6.41. The number of aromatic nitrogens is 1. The minimum Gasteiger partial charge on any atom is -0.464 e. The van der Waals surface area contributed by atoms with Gasteiger partial charge in [-0.05, 0) is 30.3 Å². The number of nitrogens with two attached hydrogens (primary N) is 1. The lowest BCUT2D eigenvalue weighted by atomic mass is 10.1. The van der Waals surface area contributed by atoms with Crippen molar-refractivity contribution in [3.8, 4) is 11.8 Å². The van der Waals surface area contributed by atoms with Gasteiger partial charge in [-0.2, -0.15) is 5.26 Å². The van der Waals surface area contributed by atoms with Gasteiger partial charge in [-0.15, -0.1) is 0 Å². The molecule has 2 aromatic rings. The first-order valence-electron chi connectivity index (χ1n) is 6.85. The number of nitrogen functional groups attached to an aromatic ring is 1. The lowest BCUT2D eigenvalue weighted by Gasteiger charge is -2.10. The molecule has 0 bridgehead atoms. The number of hydrogen-bond donors (Lipinski definition) is 1. The third-order valence-electron chi connectivity index (χ3n) is 3.89. The highest BCUT2D eigenvalue weighted by Gasteiger charge is 2.23. The second-order valence-corrected chi connectivity index (χ2v) is 5.40. The van der Waals surface area contributed by atoms with E-state index in [-0.39, 0.29) is 16.9 Å². The second-order valence-electron chi connectivity index (χ2n) is 5.40. The van der Waals surface area contributed by atoms with E-state index in [1.165, 1.54) is 18.2 Å². The molecule has 0 atom stereocenters. The zero-order valence-corrected chi connectivity index (χ0v) is 12.5. The van der Waals surface area contributed by atoms with Crippen LogP contribution in [0.5, 0.6) is 0 Å². The average Bonchev–Trinajstić information content (AvgIpc) is 3.04. The first-order chi connectivity index (χ1) is 10.5. The molecular weight excluding hydrogens is 280 g/mol. The van der Waals surface area contributed by atoms with Gasteiger partial charge >= 0.3 is 5.97 Å². The van der Waals surface area contributed by atoms with Gasteiger partial charge in [-0.25, -0.2) is 4.79 Å². The molecule has 3 rings (SSSR count). The molecule has 6 heteroatoms. The van der Waals surface area contributed by atoms with Crippen molar-refractivity contribution in [2.24, 2.45) is 0 Å². The third-order valence-corrected chi connectivity index (χ3v) is 3.89. The van der Waals surface area contributed by atoms with E-state index in [4.69, 9.17) is 15.7 Å². The number of fused-ring (bicyclic) bond motifs is 1. The molecule has 2 heterocycles. The van der Waals surface area contributed by atoms with Crippen LogP contribution < -0.4 is 5.73 Å². The summed E-state index contributed by atoms with van der Waals surface area (Å²) in [6, 6.07) is 7.98. The molecular formula is C16H16N4O2. The molecule has 0 amide bonds. The van der Waals surface area contributed by atoms with Gasteiger partial charge in [-0.1, -0.05) is 6.07 Å². The molecule has 112 valence electrons. The summed E-state index contributed by atoms with van der Waals surface area (Å²) in [5, 5.41) is 9.15. The lowest BCUT2D eigenvalue weighted by Crippen LogP contribution is -2.11. The lowest BCUT2D eigenvalue weighted by molar-refractivity contribution is 0.0593. The van der Waals surface area contributed by atoms with Crippen LogP contribution in [0.15, 0.2) is 24.4 Å². The van der Waals surface area contributed by atoms with Gasteiger partial charge in [-0.3, -0.25) is 4.90 Å². The number of nitrogens with zero attached hydrogens (tertiary/aromatic N) is 3. The Morgan fingerprint density at radius 3 is 2.77 bits per heavy atom. The Kier molecular flexibility index (Phi) is 3.35. The zero-order valence-electron chi connectivity index (χ0n) is 12.5. The van der Waals surface area contributed by atoms with Gasteiger partial charge in [0, 0.05) is 25.0 Å². The Morgan fingerprint density at radius 2 is 2.09 bits per heavy atom. The van der Waals surface area contributed by atoms with E-state index in [0.717, 1.165) is 18.8 Å². The Labute approximate surface area is 128 Å².